The molecule has 1 saturated heterocycles. The fourth-order valence-electron chi connectivity index (χ4n) is 3.14. The smallest absolute Gasteiger partial charge is 0.308 e. The van der Waals surface area contributed by atoms with Crippen LogP contribution < -0.4 is 9.47 Å². The maximum atomic E-state index is 12.3. The highest BCUT2D eigenvalue weighted by atomic mass is 16.5. The van der Waals surface area contributed by atoms with Crippen LogP contribution in [0, 0.1) is 5.92 Å². The molecular weight excluding hydrogens is 358 g/mol. The van der Waals surface area contributed by atoms with E-state index in [0.717, 1.165) is 11.3 Å². The van der Waals surface area contributed by atoms with Crippen LogP contribution in [0.4, 0.5) is 0 Å². The van der Waals surface area contributed by atoms with E-state index < -0.39 is 0 Å². The molecule has 6 nitrogen and oxygen atoms in total. The number of esters is 1. The molecule has 6 heteroatoms. The Hall–Kier alpha value is -3.02. The van der Waals surface area contributed by atoms with Crippen molar-refractivity contribution in [1.82, 2.24) is 4.90 Å². The minimum absolute atomic E-state index is 0.0207. The van der Waals surface area contributed by atoms with Crippen molar-refractivity contribution in [2.75, 3.05) is 26.8 Å². The first-order chi connectivity index (χ1) is 13.7. The van der Waals surface area contributed by atoms with Crippen molar-refractivity contribution in [3.05, 3.63) is 60.2 Å². The van der Waals surface area contributed by atoms with Crippen molar-refractivity contribution in [1.29, 1.82) is 0 Å². The monoisotopic (exact) mass is 383 g/mol. The summed E-state index contributed by atoms with van der Waals surface area (Å²) in [6.45, 7) is 1.58. The van der Waals surface area contributed by atoms with E-state index in [0.29, 0.717) is 38.3 Å². The molecule has 1 heterocycles. The zero-order valence-corrected chi connectivity index (χ0v) is 16.0. The molecule has 1 aliphatic rings. The Labute approximate surface area is 165 Å². The Kier molecular flexibility index (Phi) is 6.89. The van der Waals surface area contributed by atoms with E-state index in [-0.39, 0.29) is 24.4 Å². The van der Waals surface area contributed by atoms with E-state index >= 15 is 0 Å². The van der Waals surface area contributed by atoms with Crippen molar-refractivity contribution in [3.63, 3.8) is 0 Å². The van der Waals surface area contributed by atoms with E-state index in [1.807, 2.05) is 42.5 Å². The quantitative estimate of drug-likeness (QED) is 0.688. The van der Waals surface area contributed by atoms with E-state index in [1.165, 1.54) is 7.11 Å². The van der Waals surface area contributed by atoms with Gasteiger partial charge in [0.1, 0.15) is 18.1 Å². The number of hydrogen-bond acceptors (Lipinski definition) is 5. The lowest BCUT2D eigenvalue weighted by molar-refractivity contribution is -0.149. The number of methoxy groups -OCH3 is 1. The highest BCUT2D eigenvalue weighted by molar-refractivity contribution is 5.78. The molecule has 3 rings (SSSR count). The number of carbonyl (C=O) groups excluding carboxylic acids is 2. The van der Waals surface area contributed by atoms with E-state index in [1.54, 1.807) is 17.0 Å². The minimum Gasteiger partial charge on any atom is -0.489 e. The van der Waals surface area contributed by atoms with E-state index in [9.17, 15) is 9.59 Å². The molecule has 0 aliphatic carbocycles. The van der Waals surface area contributed by atoms with Crippen molar-refractivity contribution in [2.24, 2.45) is 5.92 Å². The minimum atomic E-state index is -0.196. The third-order valence-electron chi connectivity index (χ3n) is 4.82. The van der Waals surface area contributed by atoms with Gasteiger partial charge < -0.3 is 19.1 Å². The zero-order chi connectivity index (χ0) is 19.8. The van der Waals surface area contributed by atoms with Gasteiger partial charge in [-0.2, -0.15) is 0 Å². The molecule has 0 radical (unpaired) electrons. The first-order valence-electron chi connectivity index (χ1n) is 9.41. The summed E-state index contributed by atoms with van der Waals surface area (Å²) in [7, 11) is 1.39. The van der Waals surface area contributed by atoms with Gasteiger partial charge >= 0.3 is 5.97 Å². The van der Waals surface area contributed by atoms with Gasteiger partial charge in [-0.3, -0.25) is 9.59 Å². The maximum Gasteiger partial charge on any atom is 0.308 e. The van der Waals surface area contributed by atoms with Crippen LogP contribution in [0.15, 0.2) is 54.6 Å². The number of likely N-dealkylation sites (tertiary alicyclic amines) is 1. The van der Waals surface area contributed by atoms with Crippen molar-refractivity contribution in [3.8, 4) is 11.5 Å². The molecule has 0 saturated carbocycles. The Bertz CT molecular complexity index is 767. The molecule has 2 aromatic carbocycles. The predicted octanol–water partition coefficient (Wildman–Crippen LogP) is 3.06. The number of rotatable bonds is 7. The largest absolute Gasteiger partial charge is 0.489 e. The lowest BCUT2D eigenvalue weighted by Crippen LogP contribution is -2.42. The van der Waals surface area contributed by atoms with Crippen molar-refractivity contribution in [2.45, 2.75) is 19.4 Å². The highest BCUT2D eigenvalue weighted by Crippen LogP contribution is 2.20. The van der Waals surface area contributed by atoms with Gasteiger partial charge in [0, 0.05) is 13.1 Å². The van der Waals surface area contributed by atoms with Crippen LogP contribution in [-0.2, 0) is 20.9 Å². The lowest BCUT2D eigenvalue weighted by atomic mass is 9.97. The number of benzene rings is 2. The molecule has 0 unspecified atom stereocenters. The lowest BCUT2D eigenvalue weighted by Gasteiger charge is -2.30. The third-order valence-corrected chi connectivity index (χ3v) is 4.82. The van der Waals surface area contributed by atoms with E-state index in [2.05, 4.69) is 0 Å². The summed E-state index contributed by atoms with van der Waals surface area (Å²) in [4.78, 5) is 25.6. The Morgan fingerprint density at radius 2 is 1.54 bits per heavy atom. The third kappa shape index (κ3) is 5.49. The van der Waals surface area contributed by atoms with Crippen LogP contribution in [0.1, 0.15) is 18.4 Å². The second-order valence-electron chi connectivity index (χ2n) is 6.71. The van der Waals surface area contributed by atoms with Gasteiger partial charge in [0.05, 0.1) is 13.0 Å². The summed E-state index contributed by atoms with van der Waals surface area (Å²) in [5.74, 6) is 0.973. The van der Waals surface area contributed by atoms with Gasteiger partial charge in [0.2, 0.25) is 0 Å². The average molecular weight is 383 g/mol. The summed E-state index contributed by atoms with van der Waals surface area (Å²) in [6.07, 6.45) is 1.26. The molecule has 148 valence electrons. The van der Waals surface area contributed by atoms with Gasteiger partial charge in [0.15, 0.2) is 6.61 Å². The molecule has 28 heavy (non-hydrogen) atoms. The summed E-state index contributed by atoms with van der Waals surface area (Å²) in [5, 5.41) is 0. The van der Waals surface area contributed by atoms with E-state index in [4.69, 9.17) is 14.2 Å². The number of carbonyl (C=O) groups is 2. The maximum absolute atomic E-state index is 12.3. The van der Waals surface area contributed by atoms with Crippen LogP contribution >= 0.6 is 0 Å². The van der Waals surface area contributed by atoms with Crippen LogP contribution in [0.5, 0.6) is 11.5 Å². The average Bonchev–Trinajstić information content (AvgIpc) is 2.77. The van der Waals surface area contributed by atoms with Crippen LogP contribution in [-0.4, -0.2) is 43.6 Å². The summed E-state index contributed by atoms with van der Waals surface area (Å²) in [5.41, 5.74) is 1.10. The fraction of sp³-hybridized carbons (Fsp3) is 0.364. The molecule has 1 aliphatic heterocycles. The summed E-state index contributed by atoms with van der Waals surface area (Å²) < 4.78 is 16.1. The van der Waals surface area contributed by atoms with Crippen LogP contribution in [0.2, 0.25) is 0 Å². The molecule has 0 bridgehead atoms. The summed E-state index contributed by atoms with van der Waals surface area (Å²) in [6, 6.07) is 17.2. The molecule has 1 amide bonds. The Balaban J connectivity index is 1.41. The van der Waals surface area contributed by atoms with Gasteiger partial charge in [0.25, 0.3) is 5.91 Å². The number of hydrogen-bond donors (Lipinski definition) is 0. The predicted molar refractivity (Wildman–Crippen MR) is 104 cm³/mol. The number of piperidine rings is 1. The second-order valence-corrected chi connectivity index (χ2v) is 6.71. The van der Waals surface area contributed by atoms with Gasteiger partial charge in [-0.15, -0.1) is 0 Å². The Morgan fingerprint density at radius 1 is 0.929 bits per heavy atom. The summed E-state index contributed by atoms with van der Waals surface area (Å²) >= 11 is 0. The standard InChI is InChI=1S/C22H25NO5/c1-26-22(25)18-11-13-23(14-12-18)21(24)16-28-20-9-7-19(8-10-20)27-15-17-5-3-2-4-6-17/h2-10,18H,11-16H2,1H3. The molecular formula is C22H25NO5. The fourth-order valence-corrected chi connectivity index (χ4v) is 3.14. The molecule has 2 aromatic rings. The van der Waals surface area contributed by atoms with Crippen LogP contribution in [0.3, 0.4) is 0 Å². The van der Waals surface area contributed by atoms with Gasteiger partial charge in [-0.1, -0.05) is 30.3 Å². The highest BCUT2D eigenvalue weighted by Gasteiger charge is 2.27. The zero-order valence-electron chi connectivity index (χ0n) is 16.0. The molecule has 1 fully saturated rings. The normalized spacial score (nSPS) is 14.4. The second kappa shape index (κ2) is 9.78. The van der Waals surface area contributed by atoms with Crippen LogP contribution in [0.25, 0.3) is 0 Å². The topological polar surface area (TPSA) is 65.1 Å². The number of amides is 1. The van der Waals surface area contributed by atoms with Crippen molar-refractivity contribution >= 4 is 11.9 Å². The van der Waals surface area contributed by atoms with Gasteiger partial charge in [-0.25, -0.2) is 0 Å². The van der Waals surface area contributed by atoms with Crippen molar-refractivity contribution < 1.29 is 23.8 Å². The molecule has 0 atom stereocenters. The number of nitrogens with zero attached hydrogens (tertiary/aromatic N) is 1. The first kappa shape index (κ1) is 19.7. The SMILES string of the molecule is COC(=O)C1CCN(C(=O)COc2ccc(OCc3ccccc3)cc2)CC1. The number of ether oxygens (including phenoxy) is 3. The molecule has 0 N–H and O–H groups in total. The van der Waals surface area contributed by atoms with Gasteiger partial charge in [-0.05, 0) is 42.7 Å². The molecule has 0 spiro atoms. The first-order valence-corrected chi connectivity index (χ1v) is 9.41. The molecule has 0 aromatic heterocycles. The Morgan fingerprint density at radius 3 is 2.14 bits per heavy atom.